The van der Waals surface area contributed by atoms with Crippen molar-refractivity contribution in [3.05, 3.63) is 126 Å². The predicted molar refractivity (Wildman–Crippen MR) is 188 cm³/mol. The predicted octanol–water partition coefficient (Wildman–Crippen LogP) is 10.7. The average Bonchev–Trinajstić information content (AvgIpc) is 3.74. The van der Waals surface area contributed by atoms with Crippen LogP contribution in [0.4, 0.5) is 17.3 Å². The minimum atomic E-state index is 0.118. The molecule has 4 unspecified atom stereocenters. The Morgan fingerprint density at radius 3 is 1.77 bits per heavy atom. The van der Waals surface area contributed by atoms with E-state index in [-0.39, 0.29) is 5.41 Å². The van der Waals surface area contributed by atoms with Crippen molar-refractivity contribution in [2.75, 3.05) is 4.90 Å². The van der Waals surface area contributed by atoms with E-state index in [1.807, 2.05) is 36.4 Å². The highest BCUT2D eigenvalue weighted by Crippen LogP contribution is 2.94. The number of fused-ring (bicyclic) bond motifs is 13. The molecule has 5 heteroatoms. The van der Waals surface area contributed by atoms with Crippen LogP contribution in [0.5, 0.6) is 0 Å². The number of rotatable bonds is 3. The Kier molecular flexibility index (Phi) is 4.11. The molecule has 5 nitrogen and oxygen atoms in total. The summed E-state index contributed by atoms with van der Waals surface area (Å²) in [7, 11) is 0. The van der Waals surface area contributed by atoms with Crippen molar-refractivity contribution in [1.82, 2.24) is 9.97 Å². The van der Waals surface area contributed by atoms with Crippen LogP contribution in [0.15, 0.2) is 124 Å². The summed E-state index contributed by atoms with van der Waals surface area (Å²) in [4.78, 5) is 12.5. The summed E-state index contributed by atoms with van der Waals surface area (Å²) in [6.45, 7) is 0. The number of hydrogen-bond acceptors (Lipinski definition) is 5. The van der Waals surface area contributed by atoms with Crippen molar-refractivity contribution >= 4 is 61.5 Å². The minimum Gasteiger partial charge on any atom is -0.438 e. The Labute approximate surface area is 275 Å². The number of benzene rings is 4. The first kappa shape index (κ1) is 24.7. The van der Waals surface area contributed by atoms with E-state index < -0.39 is 0 Å². The highest BCUT2D eigenvalue weighted by molar-refractivity contribution is 6.05. The first-order valence-corrected chi connectivity index (χ1v) is 17.4. The van der Waals surface area contributed by atoms with E-state index >= 15 is 0 Å². The molecule has 4 fully saturated rings. The molecule has 0 amide bonds. The first-order chi connectivity index (χ1) is 23.7. The Morgan fingerprint density at radius 2 is 1.12 bits per heavy atom. The fourth-order valence-corrected chi connectivity index (χ4v) is 11.9. The van der Waals surface area contributed by atoms with E-state index in [0.717, 1.165) is 73.7 Å². The van der Waals surface area contributed by atoms with Crippen LogP contribution < -0.4 is 4.90 Å². The maximum absolute atomic E-state index is 6.30. The SMILES string of the molecule is c1ccc2c(c1)-c1ccc(N(c3ccc4c(n3)oc3ccccc34)c3ccc4c(n3)oc3ccccc34)cc1C21C2CC3CC4CC1C342. The van der Waals surface area contributed by atoms with Crippen LogP contribution in [-0.2, 0) is 5.41 Å². The molecule has 4 aromatic carbocycles. The Bertz CT molecular complexity index is 2600. The molecule has 5 aliphatic rings. The van der Waals surface area contributed by atoms with Gasteiger partial charge in [0.15, 0.2) is 0 Å². The van der Waals surface area contributed by atoms with Gasteiger partial charge in [0.1, 0.15) is 22.8 Å². The second kappa shape index (κ2) is 7.99. The van der Waals surface area contributed by atoms with Gasteiger partial charge in [-0.05, 0) is 119 Å². The molecule has 0 aliphatic heterocycles. The minimum absolute atomic E-state index is 0.118. The van der Waals surface area contributed by atoms with Gasteiger partial charge in [-0.15, -0.1) is 0 Å². The second-order valence-electron chi connectivity index (χ2n) is 14.9. The van der Waals surface area contributed by atoms with Gasteiger partial charge in [-0.1, -0.05) is 66.7 Å². The number of para-hydroxylation sites is 2. The molecule has 0 N–H and O–H groups in total. The monoisotopic (exact) mass is 619 g/mol. The van der Waals surface area contributed by atoms with Gasteiger partial charge in [0, 0.05) is 32.6 Å². The summed E-state index contributed by atoms with van der Waals surface area (Å²) in [6, 6.07) is 41.2. The molecule has 5 aliphatic carbocycles. The molecule has 4 saturated carbocycles. The van der Waals surface area contributed by atoms with Gasteiger partial charge in [0.25, 0.3) is 0 Å². The average molecular weight is 620 g/mol. The molecule has 0 saturated heterocycles. The number of nitrogens with zero attached hydrogens (tertiary/aromatic N) is 3. The molecule has 4 aromatic heterocycles. The zero-order valence-electron chi connectivity index (χ0n) is 26.1. The highest BCUT2D eigenvalue weighted by Gasteiger charge is 2.90. The van der Waals surface area contributed by atoms with Gasteiger partial charge < -0.3 is 8.83 Å². The zero-order valence-corrected chi connectivity index (χ0v) is 26.1. The Hall–Kier alpha value is -5.42. The second-order valence-corrected chi connectivity index (χ2v) is 14.9. The molecule has 2 spiro atoms. The van der Waals surface area contributed by atoms with Crippen LogP contribution in [0.2, 0.25) is 0 Å². The van der Waals surface area contributed by atoms with E-state index in [4.69, 9.17) is 18.8 Å². The lowest BCUT2D eigenvalue weighted by atomic mass is 9.11. The van der Waals surface area contributed by atoms with Crippen LogP contribution in [-0.4, -0.2) is 9.97 Å². The van der Waals surface area contributed by atoms with Gasteiger partial charge in [0.2, 0.25) is 11.4 Å². The van der Waals surface area contributed by atoms with E-state index in [1.54, 1.807) is 5.56 Å². The third kappa shape index (κ3) is 2.53. The summed E-state index contributed by atoms with van der Waals surface area (Å²) >= 11 is 0. The Morgan fingerprint density at radius 1 is 0.542 bits per heavy atom. The summed E-state index contributed by atoms with van der Waals surface area (Å²) in [5.74, 6) is 4.98. The van der Waals surface area contributed by atoms with Gasteiger partial charge in [-0.25, -0.2) is 0 Å². The van der Waals surface area contributed by atoms with Crippen molar-refractivity contribution in [3.8, 4) is 11.1 Å². The number of anilines is 3. The molecule has 4 heterocycles. The summed E-state index contributed by atoms with van der Waals surface area (Å²) in [5.41, 5.74) is 10.6. The van der Waals surface area contributed by atoms with E-state index in [0.29, 0.717) is 16.8 Å². The topological polar surface area (TPSA) is 55.3 Å². The fraction of sp³-hybridized carbons (Fsp3) is 0.209. The van der Waals surface area contributed by atoms with E-state index in [9.17, 15) is 0 Å². The van der Waals surface area contributed by atoms with Gasteiger partial charge in [-0.3, -0.25) is 4.90 Å². The lowest BCUT2D eigenvalue weighted by molar-refractivity contribution is -0.412. The van der Waals surface area contributed by atoms with Gasteiger partial charge >= 0.3 is 0 Å². The van der Waals surface area contributed by atoms with Crippen LogP contribution in [0, 0.1) is 29.1 Å². The van der Waals surface area contributed by atoms with E-state index in [1.165, 1.54) is 36.0 Å². The molecular weight excluding hydrogens is 590 g/mol. The Balaban J connectivity index is 1.04. The summed E-state index contributed by atoms with van der Waals surface area (Å²) in [5, 5.41) is 4.17. The van der Waals surface area contributed by atoms with Gasteiger partial charge in [0.05, 0.1) is 0 Å². The number of hydrogen-bond donors (Lipinski definition) is 0. The van der Waals surface area contributed by atoms with Gasteiger partial charge in [-0.2, -0.15) is 9.97 Å². The van der Waals surface area contributed by atoms with Crippen LogP contribution in [0.3, 0.4) is 0 Å². The van der Waals surface area contributed by atoms with Crippen LogP contribution in [0.1, 0.15) is 30.4 Å². The lowest BCUT2D eigenvalue weighted by Crippen LogP contribution is -2.88. The van der Waals surface area contributed by atoms with Crippen LogP contribution >= 0.6 is 0 Å². The molecule has 8 aromatic rings. The van der Waals surface area contributed by atoms with Crippen molar-refractivity contribution in [2.24, 2.45) is 29.1 Å². The largest absolute Gasteiger partial charge is 0.438 e. The maximum Gasteiger partial charge on any atom is 0.229 e. The number of pyridine rings is 2. The third-order valence-corrected chi connectivity index (χ3v) is 13.6. The molecule has 0 bridgehead atoms. The molecule has 228 valence electrons. The molecular formula is C43H29N3O2. The molecule has 4 atom stereocenters. The van der Waals surface area contributed by atoms with Crippen molar-refractivity contribution < 1.29 is 8.83 Å². The maximum atomic E-state index is 6.30. The molecule has 48 heavy (non-hydrogen) atoms. The van der Waals surface area contributed by atoms with Crippen LogP contribution in [0.25, 0.3) is 55.3 Å². The van der Waals surface area contributed by atoms with E-state index in [2.05, 4.69) is 83.8 Å². The fourth-order valence-electron chi connectivity index (χ4n) is 11.9. The highest BCUT2D eigenvalue weighted by atomic mass is 16.3. The smallest absolute Gasteiger partial charge is 0.229 e. The molecule has 13 rings (SSSR count). The first-order valence-electron chi connectivity index (χ1n) is 17.4. The van der Waals surface area contributed by atoms with Crippen molar-refractivity contribution in [1.29, 1.82) is 0 Å². The summed E-state index contributed by atoms with van der Waals surface area (Å²) in [6.07, 6.45) is 4.23. The number of furan rings is 2. The normalized spacial score (nSPS) is 28.3. The van der Waals surface area contributed by atoms with Crippen molar-refractivity contribution in [2.45, 2.75) is 24.7 Å². The lowest BCUT2D eigenvalue weighted by Gasteiger charge is -2.92. The summed E-state index contributed by atoms with van der Waals surface area (Å²) < 4.78 is 12.6. The quantitative estimate of drug-likeness (QED) is 0.197. The zero-order chi connectivity index (χ0) is 30.9. The standard InChI is InChI=1S/C43H29N3O2/c1-4-10-32-26(7-1)27-14-13-25(22-33(27)43(32)36-20-23-19-24-21-37(43)42(23,24)36)46(38-17-15-30-28-8-2-5-11-34(28)47-40(30)44-38)39-18-16-31-29-9-3-6-12-35(29)48-41(31)45-39/h1-18,22-24,36-37H,19-21H2. The van der Waals surface area contributed by atoms with Crippen molar-refractivity contribution in [3.63, 3.8) is 0 Å². The molecule has 0 radical (unpaired) electrons. The third-order valence-electron chi connectivity index (χ3n) is 13.6. The number of aromatic nitrogens is 2.